The number of alkyl halides is 3. The van der Waals surface area contributed by atoms with Crippen molar-refractivity contribution in [3.8, 4) is 5.82 Å². The normalized spacial score (nSPS) is 11.6. The van der Waals surface area contributed by atoms with Crippen LogP contribution >= 0.6 is 0 Å². The van der Waals surface area contributed by atoms with E-state index in [9.17, 15) is 27.2 Å². The van der Waals surface area contributed by atoms with Gasteiger partial charge in [-0.25, -0.2) is 19.2 Å². The minimum absolute atomic E-state index is 0.0609. The molecule has 0 bridgehead atoms. The van der Waals surface area contributed by atoms with Crippen LogP contribution in [0.1, 0.15) is 11.3 Å². The maximum absolute atomic E-state index is 14.0. The number of hydrogen-bond acceptors (Lipinski definition) is 6. The summed E-state index contributed by atoms with van der Waals surface area (Å²) in [7, 11) is 0. The van der Waals surface area contributed by atoms with Crippen molar-refractivity contribution in [3.63, 3.8) is 0 Å². The molecule has 8 nitrogen and oxygen atoms in total. The Kier molecular flexibility index (Phi) is 5.58. The van der Waals surface area contributed by atoms with Crippen LogP contribution in [0.25, 0.3) is 11.9 Å². The standard InChI is InChI=1S/C18H11F4N5O3/c19-12-7-10(18(20,21)22)1-3-13(12)26-16-17(30)27(6-5-23-16)14-9-24-11(8-25-14)2-4-15(28)29/h1-9H,(H,23,26)(H,28,29)/b4-2+. The fourth-order valence-electron chi connectivity index (χ4n) is 2.30. The number of carboxylic acid groups (broad SMARTS) is 1. The molecule has 154 valence electrons. The fourth-order valence-corrected chi connectivity index (χ4v) is 2.30. The number of nitrogens with one attached hydrogen (secondary N) is 1. The van der Waals surface area contributed by atoms with Crippen molar-refractivity contribution in [2.75, 3.05) is 5.32 Å². The molecule has 2 N–H and O–H groups in total. The quantitative estimate of drug-likeness (QED) is 0.481. The van der Waals surface area contributed by atoms with Gasteiger partial charge in [-0.2, -0.15) is 13.2 Å². The summed E-state index contributed by atoms with van der Waals surface area (Å²) in [4.78, 5) is 34.8. The van der Waals surface area contributed by atoms with E-state index in [1.165, 1.54) is 30.9 Å². The van der Waals surface area contributed by atoms with Gasteiger partial charge in [0.05, 0.1) is 29.3 Å². The molecule has 30 heavy (non-hydrogen) atoms. The number of anilines is 2. The number of nitrogens with zero attached hydrogens (tertiary/aromatic N) is 4. The molecule has 0 spiro atoms. The highest BCUT2D eigenvalue weighted by atomic mass is 19.4. The fraction of sp³-hybridized carbons (Fsp3) is 0.0556. The number of carbonyl (C=O) groups is 1. The molecule has 0 unspecified atom stereocenters. The van der Waals surface area contributed by atoms with Crippen molar-refractivity contribution in [3.05, 3.63) is 76.5 Å². The van der Waals surface area contributed by atoms with E-state index in [0.29, 0.717) is 12.1 Å². The van der Waals surface area contributed by atoms with Gasteiger partial charge in [-0.1, -0.05) is 0 Å². The zero-order valence-corrected chi connectivity index (χ0v) is 14.8. The molecule has 0 saturated carbocycles. The van der Waals surface area contributed by atoms with Crippen molar-refractivity contribution in [2.24, 2.45) is 0 Å². The van der Waals surface area contributed by atoms with E-state index in [1.807, 2.05) is 0 Å². The molecule has 2 heterocycles. The van der Waals surface area contributed by atoms with Gasteiger partial charge >= 0.3 is 12.1 Å². The van der Waals surface area contributed by atoms with Crippen LogP contribution < -0.4 is 10.9 Å². The van der Waals surface area contributed by atoms with Gasteiger partial charge in [0.25, 0.3) is 5.56 Å². The van der Waals surface area contributed by atoms with Crippen LogP contribution in [0.5, 0.6) is 0 Å². The average Bonchev–Trinajstić information content (AvgIpc) is 2.69. The van der Waals surface area contributed by atoms with E-state index < -0.39 is 29.1 Å². The van der Waals surface area contributed by atoms with Crippen molar-refractivity contribution in [1.82, 2.24) is 19.5 Å². The molecule has 0 aliphatic rings. The first-order valence-electron chi connectivity index (χ1n) is 8.10. The molecule has 1 aromatic carbocycles. The lowest BCUT2D eigenvalue weighted by molar-refractivity contribution is -0.137. The van der Waals surface area contributed by atoms with Crippen LogP contribution in [-0.2, 0) is 11.0 Å². The van der Waals surface area contributed by atoms with E-state index in [2.05, 4.69) is 20.3 Å². The lowest BCUT2D eigenvalue weighted by Gasteiger charge is -2.11. The van der Waals surface area contributed by atoms with E-state index in [4.69, 9.17) is 5.11 Å². The summed E-state index contributed by atoms with van der Waals surface area (Å²) in [5.41, 5.74) is -2.07. The molecule has 3 aromatic rings. The van der Waals surface area contributed by atoms with E-state index in [0.717, 1.165) is 16.7 Å². The second kappa shape index (κ2) is 8.11. The van der Waals surface area contributed by atoms with Gasteiger partial charge in [0.15, 0.2) is 11.6 Å². The molecule has 3 rings (SSSR count). The van der Waals surface area contributed by atoms with E-state index in [-0.39, 0.29) is 23.0 Å². The van der Waals surface area contributed by atoms with Gasteiger partial charge in [0.1, 0.15) is 5.82 Å². The second-order valence-electron chi connectivity index (χ2n) is 5.74. The molecule has 2 aromatic heterocycles. The predicted molar refractivity (Wildman–Crippen MR) is 96.8 cm³/mol. The van der Waals surface area contributed by atoms with Crippen LogP contribution in [0.4, 0.5) is 29.1 Å². The zero-order chi connectivity index (χ0) is 21.9. The van der Waals surface area contributed by atoms with Crippen molar-refractivity contribution in [1.29, 1.82) is 0 Å². The summed E-state index contributed by atoms with van der Waals surface area (Å²) < 4.78 is 53.0. The monoisotopic (exact) mass is 421 g/mol. The van der Waals surface area contributed by atoms with Crippen LogP contribution in [0.2, 0.25) is 0 Å². The Bertz CT molecular complexity index is 1170. The SMILES string of the molecule is O=C(O)/C=C/c1cnc(-n2ccnc(Nc3ccc(C(F)(F)F)cc3F)c2=O)cn1. The smallest absolute Gasteiger partial charge is 0.416 e. The second-order valence-corrected chi connectivity index (χ2v) is 5.74. The molecule has 0 aliphatic heterocycles. The number of hydrogen-bond donors (Lipinski definition) is 2. The maximum atomic E-state index is 14.0. The van der Waals surface area contributed by atoms with Crippen LogP contribution in [0.3, 0.4) is 0 Å². The third-order valence-corrected chi connectivity index (χ3v) is 3.69. The Labute approximate surface area is 165 Å². The van der Waals surface area contributed by atoms with Gasteiger partial charge in [0, 0.05) is 18.5 Å². The first-order valence-corrected chi connectivity index (χ1v) is 8.10. The van der Waals surface area contributed by atoms with Gasteiger partial charge in [-0.3, -0.25) is 14.3 Å². The molecule has 0 aliphatic carbocycles. The third-order valence-electron chi connectivity index (χ3n) is 3.69. The van der Waals surface area contributed by atoms with E-state index in [1.54, 1.807) is 0 Å². The largest absolute Gasteiger partial charge is 0.478 e. The Balaban J connectivity index is 1.89. The minimum atomic E-state index is -4.71. The first kappa shape index (κ1) is 20.6. The molecular formula is C18H11F4N5O3. The number of benzene rings is 1. The topological polar surface area (TPSA) is 110 Å². The summed E-state index contributed by atoms with van der Waals surface area (Å²) in [6, 6.07) is 1.82. The van der Waals surface area contributed by atoms with Crippen LogP contribution in [0.15, 0.2) is 53.9 Å². The summed E-state index contributed by atoms with van der Waals surface area (Å²) in [5.74, 6) is -2.67. The van der Waals surface area contributed by atoms with Crippen molar-refractivity contribution < 1.29 is 27.5 Å². The Morgan fingerprint density at radius 2 is 1.93 bits per heavy atom. The first-order chi connectivity index (χ1) is 14.1. The molecular weight excluding hydrogens is 410 g/mol. The Morgan fingerprint density at radius 3 is 2.53 bits per heavy atom. The zero-order valence-electron chi connectivity index (χ0n) is 14.8. The average molecular weight is 421 g/mol. The van der Waals surface area contributed by atoms with Crippen molar-refractivity contribution >= 4 is 23.6 Å². The van der Waals surface area contributed by atoms with Gasteiger partial charge in [0.2, 0.25) is 0 Å². The van der Waals surface area contributed by atoms with Gasteiger partial charge in [-0.05, 0) is 24.3 Å². The number of rotatable bonds is 5. The van der Waals surface area contributed by atoms with E-state index >= 15 is 0 Å². The number of carboxylic acids is 1. The highest BCUT2D eigenvalue weighted by Crippen LogP contribution is 2.31. The highest BCUT2D eigenvalue weighted by molar-refractivity contribution is 5.84. The molecule has 0 fully saturated rings. The summed E-state index contributed by atoms with van der Waals surface area (Å²) in [6.45, 7) is 0. The molecule has 0 radical (unpaired) electrons. The Morgan fingerprint density at radius 1 is 1.17 bits per heavy atom. The predicted octanol–water partition coefficient (Wildman–Crippen LogP) is 3.02. The molecule has 0 atom stereocenters. The lowest BCUT2D eigenvalue weighted by atomic mass is 10.2. The summed E-state index contributed by atoms with van der Waals surface area (Å²) >= 11 is 0. The van der Waals surface area contributed by atoms with Gasteiger partial charge in [-0.15, -0.1) is 0 Å². The molecule has 12 heteroatoms. The molecule has 0 saturated heterocycles. The van der Waals surface area contributed by atoms with Crippen LogP contribution in [0, 0.1) is 5.82 Å². The summed E-state index contributed by atoms with van der Waals surface area (Å²) in [5, 5.41) is 11.0. The van der Waals surface area contributed by atoms with Crippen molar-refractivity contribution in [2.45, 2.75) is 6.18 Å². The lowest BCUT2D eigenvalue weighted by Crippen LogP contribution is -2.23. The number of halogens is 4. The summed E-state index contributed by atoms with van der Waals surface area (Å²) in [6.07, 6.45) is 2.24. The Hall–Kier alpha value is -4.09. The third kappa shape index (κ3) is 4.66. The number of aliphatic carboxylic acids is 1. The maximum Gasteiger partial charge on any atom is 0.416 e. The van der Waals surface area contributed by atoms with Gasteiger partial charge < -0.3 is 10.4 Å². The highest BCUT2D eigenvalue weighted by Gasteiger charge is 2.31. The number of aromatic nitrogens is 4. The molecule has 0 amide bonds. The minimum Gasteiger partial charge on any atom is -0.478 e. The van der Waals surface area contributed by atoms with Crippen LogP contribution in [-0.4, -0.2) is 30.6 Å².